The lowest BCUT2D eigenvalue weighted by Gasteiger charge is -2.23. The Labute approximate surface area is 127 Å². The smallest absolute Gasteiger partial charge is 0.127 e. The molecule has 0 aliphatic carbocycles. The van der Waals surface area contributed by atoms with E-state index < -0.39 is 0 Å². The second-order valence-corrected chi connectivity index (χ2v) is 6.28. The lowest BCUT2D eigenvalue weighted by Crippen LogP contribution is -2.13. The highest BCUT2D eigenvalue weighted by Crippen LogP contribution is 2.31. The van der Waals surface area contributed by atoms with Gasteiger partial charge in [-0.25, -0.2) is 4.98 Å². The quantitative estimate of drug-likeness (QED) is 0.815. The maximum absolute atomic E-state index is 4.34. The molecular weight excluding hydrogens is 258 g/mol. The Kier molecular flexibility index (Phi) is 4.84. The highest BCUT2D eigenvalue weighted by atomic mass is 15.0. The summed E-state index contributed by atoms with van der Waals surface area (Å²) in [5.74, 6) is 0.912. The number of rotatable bonds is 5. The Morgan fingerprint density at radius 2 is 1.86 bits per heavy atom. The summed E-state index contributed by atoms with van der Waals surface area (Å²) in [5, 5.41) is 6.83. The second-order valence-electron chi connectivity index (χ2n) is 6.28. The van der Waals surface area contributed by atoms with Gasteiger partial charge < -0.3 is 10.6 Å². The van der Waals surface area contributed by atoms with E-state index >= 15 is 0 Å². The summed E-state index contributed by atoms with van der Waals surface area (Å²) in [4.78, 5) is 4.34. The van der Waals surface area contributed by atoms with Crippen LogP contribution in [-0.4, -0.2) is 11.5 Å². The predicted octanol–water partition coefficient (Wildman–Crippen LogP) is 4.94. The first kappa shape index (κ1) is 15.4. The van der Waals surface area contributed by atoms with Crippen LogP contribution in [0.25, 0.3) is 0 Å². The largest absolute Gasteiger partial charge is 0.370 e. The number of pyridine rings is 1. The van der Waals surface area contributed by atoms with Crippen molar-refractivity contribution >= 4 is 17.2 Å². The minimum absolute atomic E-state index is 0.111. The summed E-state index contributed by atoms with van der Waals surface area (Å²) in [6.45, 7) is 9.78. The average molecular weight is 283 g/mol. The molecule has 0 saturated carbocycles. The molecule has 112 valence electrons. The zero-order valence-corrected chi connectivity index (χ0v) is 13.4. The van der Waals surface area contributed by atoms with Gasteiger partial charge in [-0.3, -0.25) is 0 Å². The van der Waals surface area contributed by atoms with Gasteiger partial charge in [0.15, 0.2) is 0 Å². The number of aromatic nitrogens is 1. The minimum atomic E-state index is 0.111. The van der Waals surface area contributed by atoms with E-state index in [9.17, 15) is 0 Å². The van der Waals surface area contributed by atoms with Crippen LogP contribution < -0.4 is 10.6 Å². The van der Waals surface area contributed by atoms with Crippen LogP contribution in [0.3, 0.4) is 0 Å². The van der Waals surface area contributed by atoms with Gasteiger partial charge >= 0.3 is 0 Å². The lowest BCUT2D eigenvalue weighted by molar-refractivity contribution is 0.592. The van der Waals surface area contributed by atoms with E-state index in [4.69, 9.17) is 0 Å². The van der Waals surface area contributed by atoms with Crippen LogP contribution in [0.5, 0.6) is 0 Å². The van der Waals surface area contributed by atoms with Crippen molar-refractivity contribution in [3.63, 3.8) is 0 Å². The summed E-state index contributed by atoms with van der Waals surface area (Å²) in [6, 6.07) is 12.5. The number of para-hydroxylation sites is 1. The van der Waals surface area contributed by atoms with Gasteiger partial charge in [0, 0.05) is 30.2 Å². The third-order valence-electron chi connectivity index (χ3n) is 3.33. The molecule has 2 N–H and O–H groups in total. The van der Waals surface area contributed by atoms with Crippen LogP contribution in [0, 0.1) is 0 Å². The molecule has 0 amide bonds. The van der Waals surface area contributed by atoms with E-state index in [0.29, 0.717) is 0 Å². The molecular formula is C18H25N3. The van der Waals surface area contributed by atoms with Gasteiger partial charge in [0.2, 0.25) is 0 Å². The van der Waals surface area contributed by atoms with Gasteiger partial charge in [-0.2, -0.15) is 0 Å². The van der Waals surface area contributed by atoms with Gasteiger partial charge in [0.25, 0.3) is 0 Å². The number of nitrogens with zero attached hydrogens (tertiary/aromatic N) is 1. The fraction of sp³-hybridized carbons (Fsp3) is 0.389. The summed E-state index contributed by atoms with van der Waals surface area (Å²) >= 11 is 0. The van der Waals surface area contributed by atoms with E-state index in [1.54, 1.807) is 0 Å². The molecule has 21 heavy (non-hydrogen) atoms. The predicted molar refractivity (Wildman–Crippen MR) is 91.4 cm³/mol. The van der Waals surface area contributed by atoms with Gasteiger partial charge in [0.1, 0.15) is 5.82 Å². The Morgan fingerprint density at radius 3 is 2.57 bits per heavy atom. The van der Waals surface area contributed by atoms with E-state index in [1.165, 1.54) is 5.56 Å². The molecule has 1 heterocycles. The second kappa shape index (κ2) is 6.61. The average Bonchev–Trinajstić information content (AvgIpc) is 2.45. The van der Waals surface area contributed by atoms with Gasteiger partial charge in [0.05, 0.1) is 0 Å². The topological polar surface area (TPSA) is 37.0 Å². The first-order chi connectivity index (χ1) is 10.0. The fourth-order valence-corrected chi connectivity index (χ4v) is 2.26. The van der Waals surface area contributed by atoms with Gasteiger partial charge in [-0.15, -0.1) is 0 Å². The minimum Gasteiger partial charge on any atom is -0.370 e. The Balaban J connectivity index is 2.23. The van der Waals surface area contributed by atoms with E-state index in [0.717, 1.165) is 30.2 Å². The van der Waals surface area contributed by atoms with Crippen molar-refractivity contribution < 1.29 is 0 Å². The number of hydrogen-bond acceptors (Lipinski definition) is 3. The Morgan fingerprint density at radius 1 is 1.10 bits per heavy atom. The zero-order valence-electron chi connectivity index (χ0n) is 13.4. The molecule has 1 aromatic heterocycles. The molecule has 0 unspecified atom stereocenters. The van der Waals surface area contributed by atoms with Crippen molar-refractivity contribution in [1.82, 2.24) is 4.98 Å². The van der Waals surface area contributed by atoms with Crippen LogP contribution >= 0.6 is 0 Å². The van der Waals surface area contributed by atoms with Crippen LogP contribution in [0.4, 0.5) is 17.2 Å². The standard InChI is InChI=1S/C18H25N3/c1-5-11-19-17-13-14(10-12-20-17)21-16-9-7-6-8-15(16)18(2,3)4/h6-10,12-13H,5,11H2,1-4H3,(H2,19,20,21). The normalized spacial score (nSPS) is 11.2. The fourth-order valence-electron chi connectivity index (χ4n) is 2.26. The lowest BCUT2D eigenvalue weighted by atomic mass is 9.86. The molecule has 2 rings (SSSR count). The molecule has 0 spiro atoms. The molecule has 0 bridgehead atoms. The van der Waals surface area contributed by atoms with Crippen molar-refractivity contribution in [3.05, 3.63) is 48.2 Å². The monoisotopic (exact) mass is 283 g/mol. The SMILES string of the molecule is CCCNc1cc(Nc2ccccc2C(C)(C)C)ccn1. The van der Waals surface area contributed by atoms with Crippen molar-refractivity contribution in [3.8, 4) is 0 Å². The van der Waals surface area contributed by atoms with Crippen molar-refractivity contribution in [2.24, 2.45) is 0 Å². The molecule has 3 heteroatoms. The number of nitrogens with one attached hydrogen (secondary N) is 2. The maximum atomic E-state index is 4.34. The maximum Gasteiger partial charge on any atom is 0.127 e. The first-order valence-corrected chi connectivity index (χ1v) is 7.57. The Bertz CT molecular complexity index is 585. The third-order valence-corrected chi connectivity index (χ3v) is 3.33. The summed E-state index contributed by atoms with van der Waals surface area (Å²) in [7, 11) is 0. The molecule has 3 nitrogen and oxygen atoms in total. The van der Waals surface area contributed by atoms with E-state index in [2.05, 4.69) is 73.6 Å². The molecule has 0 saturated heterocycles. The molecule has 0 radical (unpaired) electrons. The number of benzene rings is 1. The Hall–Kier alpha value is -2.03. The van der Waals surface area contributed by atoms with E-state index in [-0.39, 0.29) is 5.41 Å². The van der Waals surface area contributed by atoms with Crippen molar-refractivity contribution in [1.29, 1.82) is 0 Å². The van der Waals surface area contributed by atoms with Gasteiger partial charge in [-0.05, 0) is 29.5 Å². The number of hydrogen-bond donors (Lipinski definition) is 2. The molecule has 0 aliphatic rings. The van der Waals surface area contributed by atoms with Crippen molar-refractivity contribution in [2.45, 2.75) is 39.5 Å². The molecule has 0 fully saturated rings. The third kappa shape index (κ3) is 4.22. The van der Waals surface area contributed by atoms with Crippen LogP contribution in [0.1, 0.15) is 39.7 Å². The first-order valence-electron chi connectivity index (χ1n) is 7.57. The van der Waals surface area contributed by atoms with Gasteiger partial charge in [-0.1, -0.05) is 45.9 Å². The highest BCUT2D eigenvalue weighted by Gasteiger charge is 2.17. The highest BCUT2D eigenvalue weighted by molar-refractivity contribution is 5.66. The molecule has 1 aromatic carbocycles. The van der Waals surface area contributed by atoms with Crippen LogP contribution in [0.15, 0.2) is 42.6 Å². The van der Waals surface area contributed by atoms with Crippen LogP contribution in [-0.2, 0) is 5.41 Å². The summed E-state index contributed by atoms with van der Waals surface area (Å²) < 4.78 is 0. The van der Waals surface area contributed by atoms with Crippen molar-refractivity contribution in [2.75, 3.05) is 17.2 Å². The van der Waals surface area contributed by atoms with E-state index in [1.807, 2.05) is 12.3 Å². The van der Waals surface area contributed by atoms with Crippen LogP contribution in [0.2, 0.25) is 0 Å². The zero-order chi connectivity index (χ0) is 15.3. The molecule has 0 aliphatic heterocycles. The summed E-state index contributed by atoms with van der Waals surface area (Å²) in [6.07, 6.45) is 2.92. The summed E-state index contributed by atoms with van der Waals surface area (Å²) in [5.41, 5.74) is 3.63. The molecule has 2 aromatic rings. The molecule has 0 atom stereocenters. The number of anilines is 3.